The van der Waals surface area contributed by atoms with Crippen LogP contribution >= 0.6 is 11.8 Å². The molecule has 18 heavy (non-hydrogen) atoms. The SMILES string of the molecule is O=C(NC(=O)C1CC=CCC1)C1=CN(Cl)CC=C1. The van der Waals surface area contributed by atoms with Gasteiger partial charge in [-0.25, -0.2) is 0 Å². The highest BCUT2D eigenvalue weighted by Crippen LogP contribution is 2.18. The van der Waals surface area contributed by atoms with Crippen molar-refractivity contribution in [1.82, 2.24) is 9.74 Å². The molecule has 1 atom stereocenters. The molecule has 0 aromatic rings. The van der Waals surface area contributed by atoms with E-state index in [2.05, 4.69) is 11.4 Å². The van der Waals surface area contributed by atoms with Gasteiger partial charge in [0.2, 0.25) is 5.91 Å². The minimum absolute atomic E-state index is 0.0979. The molecule has 2 amide bonds. The van der Waals surface area contributed by atoms with Crippen LogP contribution in [0.4, 0.5) is 0 Å². The second kappa shape index (κ2) is 5.87. The van der Waals surface area contributed by atoms with Gasteiger partial charge in [-0.15, -0.1) is 0 Å². The molecular formula is C13H15ClN2O2. The Kier molecular flexibility index (Phi) is 4.20. The summed E-state index contributed by atoms with van der Waals surface area (Å²) in [7, 11) is 0. The first-order chi connectivity index (χ1) is 8.66. The van der Waals surface area contributed by atoms with Crippen molar-refractivity contribution >= 4 is 23.6 Å². The quantitative estimate of drug-likeness (QED) is 0.472. The van der Waals surface area contributed by atoms with E-state index in [4.69, 9.17) is 11.8 Å². The van der Waals surface area contributed by atoms with Gasteiger partial charge in [-0.3, -0.25) is 19.3 Å². The fraction of sp³-hybridized carbons (Fsp3) is 0.385. The van der Waals surface area contributed by atoms with Gasteiger partial charge in [-0.05, 0) is 19.3 Å². The summed E-state index contributed by atoms with van der Waals surface area (Å²) in [6.07, 6.45) is 11.4. The van der Waals surface area contributed by atoms with E-state index >= 15 is 0 Å². The summed E-state index contributed by atoms with van der Waals surface area (Å²) in [6.45, 7) is 0.555. The Morgan fingerprint density at radius 1 is 1.33 bits per heavy atom. The average Bonchev–Trinajstić information content (AvgIpc) is 2.39. The third-order valence-electron chi connectivity index (χ3n) is 3.00. The third kappa shape index (κ3) is 3.23. The van der Waals surface area contributed by atoms with Crippen LogP contribution in [0, 0.1) is 5.92 Å². The van der Waals surface area contributed by atoms with Crippen LogP contribution in [0.2, 0.25) is 0 Å². The maximum atomic E-state index is 11.9. The lowest BCUT2D eigenvalue weighted by molar-refractivity contribution is -0.131. The third-order valence-corrected chi connectivity index (χ3v) is 3.23. The zero-order chi connectivity index (χ0) is 13.0. The number of nitrogens with zero attached hydrogens (tertiary/aromatic N) is 1. The van der Waals surface area contributed by atoms with Crippen molar-refractivity contribution in [3.63, 3.8) is 0 Å². The first kappa shape index (κ1) is 12.9. The van der Waals surface area contributed by atoms with Gasteiger partial charge < -0.3 is 0 Å². The summed E-state index contributed by atoms with van der Waals surface area (Å²) in [4.78, 5) is 23.7. The van der Waals surface area contributed by atoms with Crippen molar-refractivity contribution in [1.29, 1.82) is 0 Å². The molecule has 0 fully saturated rings. The maximum absolute atomic E-state index is 11.9. The Hall–Kier alpha value is -1.55. The number of carbonyl (C=O) groups is 2. The van der Waals surface area contributed by atoms with Crippen LogP contribution in [-0.2, 0) is 9.59 Å². The van der Waals surface area contributed by atoms with Crippen LogP contribution in [0.25, 0.3) is 0 Å². The molecular weight excluding hydrogens is 252 g/mol. The van der Waals surface area contributed by atoms with Crippen LogP contribution in [0.3, 0.4) is 0 Å². The number of hydrogen-bond donors (Lipinski definition) is 1. The molecule has 0 aromatic heterocycles. The van der Waals surface area contributed by atoms with Gasteiger partial charge in [0, 0.05) is 23.9 Å². The summed E-state index contributed by atoms with van der Waals surface area (Å²) in [5, 5.41) is 2.42. The van der Waals surface area contributed by atoms with Gasteiger partial charge in [0.05, 0.1) is 12.1 Å². The molecule has 0 saturated heterocycles. The second-order valence-electron chi connectivity index (χ2n) is 4.37. The van der Waals surface area contributed by atoms with Crippen LogP contribution < -0.4 is 5.32 Å². The summed E-state index contributed by atoms with van der Waals surface area (Å²) in [5.41, 5.74) is 0.399. The smallest absolute Gasteiger partial charge is 0.259 e. The van der Waals surface area contributed by atoms with Crippen molar-refractivity contribution in [2.24, 2.45) is 5.92 Å². The number of imide groups is 1. The van der Waals surface area contributed by atoms with Crippen molar-refractivity contribution in [3.8, 4) is 0 Å². The number of hydrogen-bond acceptors (Lipinski definition) is 3. The monoisotopic (exact) mass is 266 g/mol. The Balaban J connectivity index is 1.93. The zero-order valence-electron chi connectivity index (χ0n) is 9.93. The standard InChI is InChI=1S/C13H15ClN2O2/c14-16-8-4-7-11(9-16)13(18)15-12(17)10-5-2-1-3-6-10/h1-2,4,7,9-10H,3,5-6,8H2,(H,15,17,18). The van der Waals surface area contributed by atoms with E-state index < -0.39 is 5.91 Å². The molecule has 4 nitrogen and oxygen atoms in total. The Labute approximate surface area is 111 Å². The summed E-state index contributed by atoms with van der Waals surface area (Å²) >= 11 is 5.77. The number of rotatable bonds is 2. The summed E-state index contributed by atoms with van der Waals surface area (Å²) in [5.74, 6) is -0.694. The van der Waals surface area contributed by atoms with Gasteiger partial charge in [0.15, 0.2) is 0 Å². The Bertz CT molecular complexity index is 440. The molecule has 2 rings (SSSR count). The first-order valence-electron chi connectivity index (χ1n) is 5.98. The largest absolute Gasteiger partial charge is 0.292 e. The summed E-state index contributed by atoms with van der Waals surface area (Å²) in [6, 6.07) is 0. The van der Waals surface area contributed by atoms with Crippen LogP contribution in [-0.4, -0.2) is 22.8 Å². The van der Waals surface area contributed by atoms with Crippen molar-refractivity contribution < 1.29 is 9.59 Å². The van der Waals surface area contributed by atoms with Crippen molar-refractivity contribution in [3.05, 3.63) is 36.1 Å². The molecule has 1 heterocycles. The molecule has 0 radical (unpaired) electrons. The highest BCUT2D eigenvalue weighted by molar-refractivity contribution is 6.15. The number of allylic oxidation sites excluding steroid dienone is 2. The van der Waals surface area contributed by atoms with Gasteiger partial charge in [-0.2, -0.15) is 0 Å². The number of carbonyl (C=O) groups excluding carboxylic acids is 2. The Morgan fingerprint density at radius 2 is 2.17 bits per heavy atom. The first-order valence-corrected chi connectivity index (χ1v) is 6.31. The van der Waals surface area contributed by atoms with E-state index in [9.17, 15) is 9.59 Å². The van der Waals surface area contributed by atoms with E-state index in [0.29, 0.717) is 18.5 Å². The van der Waals surface area contributed by atoms with Crippen molar-refractivity contribution in [2.75, 3.05) is 6.54 Å². The molecule has 0 spiro atoms. The van der Waals surface area contributed by atoms with Gasteiger partial charge in [0.1, 0.15) is 0 Å². The van der Waals surface area contributed by atoms with E-state index in [1.807, 2.05) is 6.08 Å². The van der Waals surface area contributed by atoms with Gasteiger partial charge in [-0.1, -0.05) is 24.3 Å². The molecule has 0 aromatic carbocycles. The second-order valence-corrected chi connectivity index (χ2v) is 4.80. The topological polar surface area (TPSA) is 49.4 Å². The molecule has 1 unspecified atom stereocenters. The molecule has 1 N–H and O–H groups in total. The minimum atomic E-state index is -0.392. The van der Waals surface area contributed by atoms with Crippen LogP contribution in [0.15, 0.2) is 36.1 Å². The number of halogens is 1. The highest BCUT2D eigenvalue weighted by Gasteiger charge is 2.22. The fourth-order valence-electron chi connectivity index (χ4n) is 1.98. The number of nitrogens with one attached hydrogen (secondary N) is 1. The van der Waals surface area contributed by atoms with Crippen molar-refractivity contribution in [2.45, 2.75) is 19.3 Å². The van der Waals surface area contributed by atoms with Crippen LogP contribution in [0.1, 0.15) is 19.3 Å². The molecule has 1 aliphatic carbocycles. The average molecular weight is 267 g/mol. The zero-order valence-corrected chi connectivity index (χ0v) is 10.7. The minimum Gasteiger partial charge on any atom is -0.292 e. The van der Waals surface area contributed by atoms with E-state index in [0.717, 1.165) is 12.8 Å². The molecule has 96 valence electrons. The normalized spacial score (nSPS) is 22.6. The lowest BCUT2D eigenvalue weighted by Crippen LogP contribution is -2.37. The maximum Gasteiger partial charge on any atom is 0.259 e. The molecule has 0 bridgehead atoms. The fourth-order valence-corrected chi connectivity index (χ4v) is 2.16. The highest BCUT2D eigenvalue weighted by atomic mass is 35.5. The predicted octanol–water partition coefficient (Wildman–Crippen LogP) is 1.89. The van der Waals surface area contributed by atoms with Crippen LogP contribution in [0.5, 0.6) is 0 Å². The van der Waals surface area contributed by atoms with Gasteiger partial charge in [0.25, 0.3) is 5.91 Å². The van der Waals surface area contributed by atoms with E-state index in [1.54, 1.807) is 12.2 Å². The van der Waals surface area contributed by atoms with E-state index in [-0.39, 0.29) is 11.8 Å². The molecule has 2 aliphatic rings. The Morgan fingerprint density at radius 3 is 2.83 bits per heavy atom. The number of amides is 2. The predicted molar refractivity (Wildman–Crippen MR) is 69.4 cm³/mol. The lowest BCUT2D eigenvalue weighted by Gasteiger charge is -2.18. The lowest BCUT2D eigenvalue weighted by atomic mass is 9.93. The summed E-state index contributed by atoms with van der Waals surface area (Å²) < 4.78 is 1.38. The molecule has 1 aliphatic heterocycles. The van der Waals surface area contributed by atoms with E-state index in [1.165, 1.54) is 10.6 Å². The molecule has 5 heteroatoms. The van der Waals surface area contributed by atoms with Gasteiger partial charge >= 0.3 is 0 Å². The molecule has 0 saturated carbocycles.